The monoisotopic (exact) mass is 188 g/mol. The Morgan fingerprint density at radius 1 is 1.25 bits per heavy atom. The Morgan fingerprint density at radius 2 is 1.92 bits per heavy atom. The van der Waals surface area contributed by atoms with Gasteiger partial charge in [0.1, 0.15) is 11.9 Å². The van der Waals surface area contributed by atoms with E-state index in [-0.39, 0.29) is 11.9 Å². The molecule has 0 aliphatic heterocycles. The minimum Gasteiger partial charge on any atom is -0.365 e. The summed E-state index contributed by atoms with van der Waals surface area (Å²) in [6.45, 7) is 0.579. The van der Waals surface area contributed by atoms with Crippen molar-refractivity contribution < 1.29 is 9.13 Å². The molecule has 0 fully saturated rings. The maximum Gasteiger partial charge on any atom is 0.123 e. The number of ether oxygens (including phenoxy) is 1. The maximum absolute atomic E-state index is 12.4. The highest BCUT2D eigenvalue weighted by Gasteiger charge is 1.93. The second-order valence-electron chi connectivity index (χ2n) is 2.39. The van der Waals surface area contributed by atoms with Crippen LogP contribution in [0.5, 0.6) is 0 Å². The van der Waals surface area contributed by atoms with Crippen molar-refractivity contribution in [3.8, 4) is 0 Å². The molecule has 0 N–H and O–H groups in total. The first-order chi connectivity index (χ1) is 5.83. The molecule has 0 amide bonds. The summed E-state index contributed by atoms with van der Waals surface area (Å²) in [7, 11) is 0. The van der Waals surface area contributed by atoms with Gasteiger partial charge in [0.25, 0.3) is 0 Å². The van der Waals surface area contributed by atoms with Gasteiger partial charge in [-0.3, -0.25) is 0 Å². The van der Waals surface area contributed by atoms with Gasteiger partial charge in [0, 0.05) is 0 Å². The van der Waals surface area contributed by atoms with Crippen LogP contribution in [0.1, 0.15) is 5.56 Å². The van der Waals surface area contributed by atoms with Crippen LogP contribution in [0.25, 0.3) is 0 Å². The average molecular weight is 189 g/mol. The van der Waals surface area contributed by atoms with E-state index in [4.69, 9.17) is 16.3 Å². The van der Waals surface area contributed by atoms with Gasteiger partial charge < -0.3 is 4.74 Å². The zero-order chi connectivity index (χ0) is 8.81. The van der Waals surface area contributed by atoms with Crippen molar-refractivity contribution in [3.05, 3.63) is 35.6 Å². The summed E-state index contributed by atoms with van der Waals surface area (Å²) in [6.07, 6.45) is 0.771. The highest BCUT2D eigenvalue weighted by Crippen LogP contribution is 2.03. The third-order valence-electron chi connectivity index (χ3n) is 1.53. The van der Waals surface area contributed by atoms with Crippen molar-refractivity contribution in [2.45, 2.75) is 6.42 Å². The Labute approximate surface area is 76.1 Å². The molecule has 0 atom stereocenters. The summed E-state index contributed by atoms with van der Waals surface area (Å²) in [5.74, 6) is -0.211. The van der Waals surface area contributed by atoms with Crippen LogP contribution in [0.4, 0.5) is 4.39 Å². The Balaban J connectivity index is 2.37. The van der Waals surface area contributed by atoms with E-state index in [1.807, 2.05) is 0 Å². The summed E-state index contributed by atoms with van der Waals surface area (Å²) in [5, 5.41) is 0. The molecule has 0 saturated carbocycles. The van der Waals surface area contributed by atoms with Crippen molar-refractivity contribution in [1.82, 2.24) is 0 Å². The van der Waals surface area contributed by atoms with Gasteiger partial charge in [-0.05, 0) is 24.1 Å². The molecule has 0 aliphatic rings. The Hall–Kier alpha value is -0.600. The van der Waals surface area contributed by atoms with Crippen molar-refractivity contribution in [1.29, 1.82) is 0 Å². The zero-order valence-corrected chi connectivity index (χ0v) is 7.35. The molecule has 0 spiro atoms. The number of halogens is 2. The Morgan fingerprint density at radius 3 is 2.50 bits per heavy atom. The number of rotatable bonds is 4. The van der Waals surface area contributed by atoms with Gasteiger partial charge in [0.15, 0.2) is 0 Å². The molecule has 12 heavy (non-hydrogen) atoms. The van der Waals surface area contributed by atoms with E-state index in [9.17, 15) is 4.39 Å². The summed E-state index contributed by atoms with van der Waals surface area (Å²) in [5.41, 5.74) is 1.06. The first kappa shape index (κ1) is 9.49. The van der Waals surface area contributed by atoms with E-state index in [0.717, 1.165) is 12.0 Å². The summed E-state index contributed by atoms with van der Waals surface area (Å²) < 4.78 is 17.4. The van der Waals surface area contributed by atoms with Crippen molar-refractivity contribution in [3.63, 3.8) is 0 Å². The van der Waals surface area contributed by atoms with Gasteiger partial charge >= 0.3 is 0 Å². The lowest BCUT2D eigenvalue weighted by atomic mass is 10.2. The fourth-order valence-corrected chi connectivity index (χ4v) is 1.00. The van der Waals surface area contributed by atoms with E-state index in [1.54, 1.807) is 12.1 Å². The highest BCUT2D eigenvalue weighted by molar-refractivity contribution is 6.17. The van der Waals surface area contributed by atoms with Crippen molar-refractivity contribution in [2.24, 2.45) is 0 Å². The largest absolute Gasteiger partial charge is 0.365 e. The predicted molar refractivity (Wildman–Crippen MR) is 46.8 cm³/mol. The van der Waals surface area contributed by atoms with Crippen LogP contribution in [0.3, 0.4) is 0 Å². The molecule has 0 unspecified atom stereocenters. The topological polar surface area (TPSA) is 9.23 Å². The van der Waals surface area contributed by atoms with Crippen LogP contribution in [0, 0.1) is 5.82 Å². The van der Waals surface area contributed by atoms with E-state index in [0.29, 0.717) is 6.61 Å². The maximum atomic E-state index is 12.4. The van der Waals surface area contributed by atoms with Crippen LogP contribution in [0.2, 0.25) is 0 Å². The van der Waals surface area contributed by atoms with Gasteiger partial charge in [0.2, 0.25) is 0 Å². The molecule has 0 radical (unpaired) electrons. The fraction of sp³-hybridized carbons (Fsp3) is 0.333. The molecule has 1 rings (SSSR count). The van der Waals surface area contributed by atoms with E-state index in [1.165, 1.54) is 12.1 Å². The molecule has 66 valence electrons. The van der Waals surface area contributed by atoms with E-state index < -0.39 is 0 Å². The second-order valence-corrected chi connectivity index (χ2v) is 2.61. The lowest BCUT2D eigenvalue weighted by molar-refractivity contribution is 0.183. The van der Waals surface area contributed by atoms with E-state index in [2.05, 4.69) is 0 Å². The lowest BCUT2D eigenvalue weighted by Crippen LogP contribution is -1.96. The summed E-state index contributed by atoms with van der Waals surface area (Å²) in [4.78, 5) is 0. The normalized spacial score (nSPS) is 10.2. The summed E-state index contributed by atoms with van der Waals surface area (Å²) >= 11 is 5.31. The fourth-order valence-electron chi connectivity index (χ4n) is 0.896. The Bertz CT molecular complexity index is 222. The number of hydrogen-bond donors (Lipinski definition) is 0. The molecule has 1 nitrogen and oxygen atoms in total. The Kier molecular flexibility index (Phi) is 4.05. The molecule has 0 saturated heterocycles. The first-order valence-corrected chi connectivity index (χ1v) is 4.24. The number of alkyl halides is 1. The molecule has 1 aromatic carbocycles. The smallest absolute Gasteiger partial charge is 0.123 e. The lowest BCUT2D eigenvalue weighted by Gasteiger charge is -2.00. The average Bonchev–Trinajstić information content (AvgIpc) is 2.09. The van der Waals surface area contributed by atoms with Crippen LogP contribution >= 0.6 is 11.6 Å². The molecule has 0 bridgehead atoms. The van der Waals surface area contributed by atoms with Gasteiger partial charge in [0.05, 0.1) is 6.61 Å². The van der Waals surface area contributed by atoms with E-state index >= 15 is 0 Å². The molecule has 3 heteroatoms. The van der Waals surface area contributed by atoms with Gasteiger partial charge in [-0.15, -0.1) is 0 Å². The van der Waals surface area contributed by atoms with Crippen LogP contribution in [-0.4, -0.2) is 12.7 Å². The van der Waals surface area contributed by atoms with Gasteiger partial charge in [-0.1, -0.05) is 23.7 Å². The SMILES string of the molecule is Fc1ccc(CCOCCl)cc1. The number of benzene rings is 1. The molecule has 0 aliphatic carbocycles. The molecule has 0 aromatic heterocycles. The standard InChI is InChI=1S/C9H10ClFO/c10-7-12-6-5-8-1-3-9(11)4-2-8/h1-4H,5-7H2. The molecule has 1 aromatic rings. The second kappa shape index (κ2) is 5.12. The predicted octanol–water partition coefficient (Wildman–Crippen LogP) is 2.58. The summed E-state index contributed by atoms with van der Waals surface area (Å²) in [6, 6.07) is 6.58. The first-order valence-electron chi connectivity index (χ1n) is 3.71. The molecular weight excluding hydrogens is 179 g/mol. The van der Waals surface area contributed by atoms with Crippen LogP contribution in [0.15, 0.2) is 24.3 Å². The zero-order valence-electron chi connectivity index (χ0n) is 6.59. The third kappa shape index (κ3) is 3.20. The van der Waals surface area contributed by atoms with Gasteiger partial charge in [-0.2, -0.15) is 0 Å². The molecule has 0 heterocycles. The van der Waals surface area contributed by atoms with Gasteiger partial charge in [-0.25, -0.2) is 4.39 Å². The van der Waals surface area contributed by atoms with Crippen LogP contribution < -0.4 is 0 Å². The van der Waals surface area contributed by atoms with Crippen molar-refractivity contribution in [2.75, 3.05) is 12.7 Å². The van der Waals surface area contributed by atoms with Crippen molar-refractivity contribution >= 4 is 11.6 Å². The third-order valence-corrected chi connectivity index (χ3v) is 1.68. The number of hydrogen-bond acceptors (Lipinski definition) is 1. The minimum absolute atomic E-state index is 0.210. The van der Waals surface area contributed by atoms with Crippen LogP contribution in [-0.2, 0) is 11.2 Å². The quantitative estimate of drug-likeness (QED) is 0.521. The minimum atomic E-state index is -0.211. The molecular formula is C9H10ClFO. The highest BCUT2D eigenvalue weighted by atomic mass is 35.5.